The number of nitrogens with zero attached hydrogens (tertiary/aromatic N) is 5. The van der Waals surface area contributed by atoms with Gasteiger partial charge in [0.25, 0.3) is 0 Å². The van der Waals surface area contributed by atoms with Crippen LogP contribution < -0.4 is 0 Å². The Bertz CT molecular complexity index is 1040. The van der Waals surface area contributed by atoms with Gasteiger partial charge in [-0.2, -0.15) is 0 Å². The fraction of sp³-hybridized carbons (Fsp3) is 0.200. The molecule has 0 aliphatic heterocycles. The summed E-state index contributed by atoms with van der Waals surface area (Å²) < 4.78 is 2.12. The standard InChI is InChI=1S/C20H19N5S2/c1-3-25-18(16-8-5-9-21-11-16)23-24-20(25)27-13-17-12-26-19(22-17)15-7-4-6-14(2)10-15/h4-12H,3,13H2,1-2H3. The second-order valence-electron chi connectivity index (χ2n) is 6.09. The van der Waals surface area contributed by atoms with Gasteiger partial charge < -0.3 is 4.57 Å². The lowest BCUT2D eigenvalue weighted by Crippen LogP contribution is -2.00. The van der Waals surface area contributed by atoms with E-state index in [0.29, 0.717) is 0 Å². The second-order valence-corrected chi connectivity index (χ2v) is 7.89. The van der Waals surface area contributed by atoms with E-state index in [2.05, 4.69) is 63.2 Å². The van der Waals surface area contributed by atoms with Crippen LogP contribution in [0.1, 0.15) is 18.2 Å². The van der Waals surface area contributed by atoms with Gasteiger partial charge in [0.15, 0.2) is 11.0 Å². The van der Waals surface area contributed by atoms with E-state index < -0.39 is 0 Å². The van der Waals surface area contributed by atoms with Gasteiger partial charge in [-0.25, -0.2) is 4.98 Å². The number of aromatic nitrogens is 5. The molecule has 136 valence electrons. The van der Waals surface area contributed by atoms with Crippen LogP contribution >= 0.6 is 23.1 Å². The first kappa shape index (κ1) is 17.9. The monoisotopic (exact) mass is 393 g/mol. The van der Waals surface area contributed by atoms with Crippen LogP contribution in [0.4, 0.5) is 0 Å². The summed E-state index contributed by atoms with van der Waals surface area (Å²) in [6, 6.07) is 12.4. The largest absolute Gasteiger partial charge is 0.302 e. The molecule has 0 saturated heterocycles. The lowest BCUT2D eigenvalue weighted by molar-refractivity contribution is 0.687. The summed E-state index contributed by atoms with van der Waals surface area (Å²) in [5.74, 6) is 1.62. The van der Waals surface area contributed by atoms with Crippen LogP contribution in [0.15, 0.2) is 59.3 Å². The van der Waals surface area contributed by atoms with Crippen molar-refractivity contribution < 1.29 is 0 Å². The fourth-order valence-corrected chi connectivity index (χ4v) is 4.63. The minimum Gasteiger partial charge on any atom is -0.302 e. The first-order chi connectivity index (χ1) is 13.2. The number of thioether (sulfide) groups is 1. The first-order valence-corrected chi connectivity index (χ1v) is 10.6. The highest BCUT2D eigenvalue weighted by molar-refractivity contribution is 7.98. The number of pyridine rings is 1. The second kappa shape index (κ2) is 8.02. The van der Waals surface area contributed by atoms with Crippen LogP contribution in [-0.4, -0.2) is 24.7 Å². The molecule has 0 radical (unpaired) electrons. The van der Waals surface area contributed by atoms with Crippen molar-refractivity contribution >= 4 is 23.1 Å². The van der Waals surface area contributed by atoms with Crippen molar-refractivity contribution in [3.05, 3.63) is 65.4 Å². The highest BCUT2D eigenvalue weighted by atomic mass is 32.2. The normalized spacial score (nSPS) is 11.0. The summed E-state index contributed by atoms with van der Waals surface area (Å²) in [4.78, 5) is 8.97. The van der Waals surface area contributed by atoms with Crippen molar-refractivity contribution in [3.8, 4) is 22.0 Å². The number of hydrogen-bond donors (Lipinski definition) is 0. The number of benzene rings is 1. The van der Waals surface area contributed by atoms with Gasteiger partial charge in [0.1, 0.15) is 5.01 Å². The maximum Gasteiger partial charge on any atom is 0.191 e. The maximum atomic E-state index is 4.79. The molecule has 0 bridgehead atoms. The molecule has 0 atom stereocenters. The molecule has 0 unspecified atom stereocenters. The Labute approximate surface area is 166 Å². The summed E-state index contributed by atoms with van der Waals surface area (Å²) in [5, 5.41) is 12.8. The molecule has 3 heterocycles. The van der Waals surface area contributed by atoms with Gasteiger partial charge in [-0.05, 0) is 32.0 Å². The third-order valence-electron chi connectivity index (χ3n) is 4.12. The van der Waals surface area contributed by atoms with Crippen LogP contribution in [0, 0.1) is 6.92 Å². The average Bonchev–Trinajstić information content (AvgIpc) is 3.34. The first-order valence-electron chi connectivity index (χ1n) is 8.72. The van der Waals surface area contributed by atoms with Gasteiger partial charge >= 0.3 is 0 Å². The summed E-state index contributed by atoms with van der Waals surface area (Å²) in [6.07, 6.45) is 3.58. The van der Waals surface area contributed by atoms with Gasteiger partial charge in [-0.1, -0.05) is 35.5 Å². The SMILES string of the molecule is CCn1c(SCc2csc(-c3cccc(C)c3)n2)nnc1-c1cccnc1. The Hall–Kier alpha value is -2.51. The average molecular weight is 394 g/mol. The van der Waals surface area contributed by atoms with Gasteiger partial charge in [0, 0.05) is 41.2 Å². The zero-order chi connectivity index (χ0) is 18.6. The Morgan fingerprint density at radius 1 is 1.11 bits per heavy atom. The third-order valence-corrected chi connectivity index (χ3v) is 6.06. The molecule has 0 N–H and O–H groups in total. The molecule has 3 aromatic heterocycles. The molecule has 0 aliphatic carbocycles. The molecular formula is C20H19N5S2. The molecule has 0 fully saturated rings. The highest BCUT2D eigenvalue weighted by Gasteiger charge is 2.14. The molecule has 0 aliphatic rings. The van der Waals surface area contributed by atoms with Crippen molar-refractivity contribution in [2.75, 3.05) is 0 Å². The Morgan fingerprint density at radius 2 is 2.00 bits per heavy atom. The van der Waals surface area contributed by atoms with Gasteiger partial charge in [-0.15, -0.1) is 21.5 Å². The summed E-state index contributed by atoms with van der Waals surface area (Å²) >= 11 is 3.35. The van der Waals surface area contributed by atoms with Crippen LogP contribution in [0.5, 0.6) is 0 Å². The van der Waals surface area contributed by atoms with Crippen molar-refractivity contribution in [3.63, 3.8) is 0 Å². The van der Waals surface area contributed by atoms with E-state index in [1.165, 1.54) is 11.1 Å². The van der Waals surface area contributed by atoms with E-state index in [1.54, 1.807) is 29.3 Å². The van der Waals surface area contributed by atoms with E-state index in [-0.39, 0.29) is 0 Å². The van der Waals surface area contributed by atoms with Crippen molar-refractivity contribution in [1.29, 1.82) is 0 Å². The van der Waals surface area contributed by atoms with Crippen LogP contribution in [0.2, 0.25) is 0 Å². The quantitative estimate of drug-likeness (QED) is 0.427. The van der Waals surface area contributed by atoms with Gasteiger partial charge in [-0.3, -0.25) is 4.98 Å². The zero-order valence-corrected chi connectivity index (χ0v) is 16.8. The van der Waals surface area contributed by atoms with E-state index in [1.807, 2.05) is 18.3 Å². The molecule has 0 amide bonds. The summed E-state index contributed by atoms with van der Waals surface area (Å²) in [5.41, 5.74) is 4.47. The molecule has 4 aromatic rings. The predicted octanol–water partition coefficient (Wildman–Crippen LogP) is 5.08. The van der Waals surface area contributed by atoms with E-state index in [9.17, 15) is 0 Å². The smallest absolute Gasteiger partial charge is 0.191 e. The molecule has 0 saturated carbocycles. The minimum atomic E-state index is 0.771. The topological polar surface area (TPSA) is 56.5 Å². The molecule has 7 heteroatoms. The molecule has 1 aromatic carbocycles. The van der Waals surface area contributed by atoms with Crippen LogP contribution in [0.25, 0.3) is 22.0 Å². The van der Waals surface area contributed by atoms with Crippen LogP contribution in [0.3, 0.4) is 0 Å². The molecular weight excluding hydrogens is 374 g/mol. The third kappa shape index (κ3) is 3.94. The van der Waals surface area contributed by atoms with Crippen LogP contribution in [-0.2, 0) is 12.3 Å². The Kier molecular flexibility index (Phi) is 5.31. The van der Waals surface area contributed by atoms with E-state index in [0.717, 1.165) is 39.5 Å². The lowest BCUT2D eigenvalue weighted by atomic mass is 10.1. The fourth-order valence-electron chi connectivity index (χ4n) is 2.81. The molecule has 5 nitrogen and oxygen atoms in total. The maximum absolute atomic E-state index is 4.79. The van der Waals surface area contributed by atoms with Crippen molar-refractivity contribution in [1.82, 2.24) is 24.7 Å². The summed E-state index contributed by atoms with van der Waals surface area (Å²) in [6.45, 7) is 5.02. The van der Waals surface area contributed by atoms with Gasteiger partial charge in [0.2, 0.25) is 0 Å². The van der Waals surface area contributed by atoms with Crippen molar-refractivity contribution in [2.24, 2.45) is 0 Å². The number of thiazole rings is 1. The summed E-state index contributed by atoms with van der Waals surface area (Å²) in [7, 11) is 0. The van der Waals surface area contributed by atoms with E-state index in [4.69, 9.17) is 4.98 Å². The minimum absolute atomic E-state index is 0.771. The molecule has 4 rings (SSSR count). The predicted molar refractivity (Wildman–Crippen MR) is 111 cm³/mol. The van der Waals surface area contributed by atoms with E-state index >= 15 is 0 Å². The molecule has 27 heavy (non-hydrogen) atoms. The molecule has 0 spiro atoms. The Balaban J connectivity index is 1.51. The zero-order valence-electron chi connectivity index (χ0n) is 15.2. The lowest BCUT2D eigenvalue weighted by Gasteiger charge is -2.06. The van der Waals surface area contributed by atoms with Crippen molar-refractivity contribution in [2.45, 2.75) is 31.3 Å². The Morgan fingerprint density at radius 3 is 2.78 bits per heavy atom. The van der Waals surface area contributed by atoms with Gasteiger partial charge in [0.05, 0.1) is 5.69 Å². The number of hydrogen-bond acceptors (Lipinski definition) is 6. The highest BCUT2D eigenvalue weighted by Crippen LogP contribution is 2.29. The number of aryl methyl sites for hydroxylation is 1. The number of rotatable bonds is 6.